The van der Waals surface area contributed by atoms with Gasteiger partial charge in [0, 0.05) is 11.7 Å². The van der Waals surface area contributed by atoms with Crippen molar-refractivity contribution in [3.05, 3.63) is 29.8 Å². The topological polar surface area (TPSA) is 38.3 Å². The molecule has 118 valence electrons. The van der Waals surface area contributed by atoms with Crippen molar-refractivity contribution in [1.29, 1.82) is 0 Å². The number of carbonyl (C=O) groups excluding carboxylic acids is 1. The molecule has 0 bridgehead atoms. The number of carbonyl (C=O) groups is 1. The third-order valence-electron chi connectivity index (χ3n) is 3.71. The summed E-state index contributed by atoms with van der Waals surface area (Å²) in [6.07, 6.45) is 3.39. The fourth-order valence-corrected chi connectivity index (χ4v) is 2.20. The molecule has 0 heterocycles. The van der Waals surface area contributed by atoms with Crippen molar-refractivity contribution in [2.45, 2.75) is 66.0 Å². The second-order valence-corrected chi connectivity index (χ2v) is 6.03. The Kier molecular flexibility index (Phi) is 7.27. The Bertz CT molecular complexity index is 425. The number of rotatable bonds is 8. The first-order valence-corrected chi connectivity index (χ1v) is 8.03. The summed E-state index contributed by atoms with van der Waals surface area (Å²) in [4.78, 5) is 11.8. The summed E-state index contributed by atoms with van der Waals surface area (Å²) in [5, 5.41) is 3.55. The van der Waals surface area contributed by atoms with Gasteiger partial charge in [0.1, 0.15) is 0 Å². The van der Waals surface area contributed by atoms with Crippen LogP contribution in [0.3, 0.4) is 0 Å². The fourth-order valence-electron chi connectivity index (χ4n) is 2.20. The van der Waals surface area contributed by atoms with Crippen LogP contribution in [0.2, 0.25) is 0 Å². The van der Waals surface area contributed by atoms with E-state index in [0.717, 1.165) is 18.0 Å². The van der Waals surface area contributed by atoms with Crippen molar-refractivity contribution in [2.24, 2.45) is 5.92 Å². The number of ether oxygens (including phenoxy) is 1. The van der Waals surface area contributed by atoms with Gasteiger partial charge in [-0.25, -0.2) is 4.79 Å². The lowest BCUT2D eigenvalue weighted by Crippen LogP contribution is -2.21. The number of esters is 1. The van der Waals surface area contributed by atoms with Crippen LogP contribution in [-0.2, 0) is 4.74 Å². The van der Waals surface area contributed by atoms with Crippen LogP contribution in [-0.4, -0.2) is 18.1 Å². The first-order valence-electron chi connectivity index (χ1n) is 8.03. The van der Waals surface area contributed by atoms with Gasteiger partial charge in [-0.2, -0.15) is 0 Å². The monoisotopic (exact) mass is 291 g/mol. The van der Waals surface area contributed by atoms with E-state index in [1.165, 1.54) is 12.8 Å². The maximum absolute atomic E-state index is 11.8. The highest BCUT2D eigenvalue weighted by Crippen LogP contribution is 2.18. The predicted molar refractivity (Wildman–Crippen MR) is 88.8 cm³/mol. The predicted octanol–water partition coefficient (Wildman–Crippen LogP) is 4.88. The lowest BCUT2D eigenvalue weighted by atomic mass is 9.97. The number of anilines is 1. The number of hydrogen-bond donors (Lipinski definition) is 1. The van der Waals surface area contributed by atoms with Gasteiger partial charge in [-0.15, -0.1) is 0 Å². The Morgan fingerprint density at radius 3 is 2.19 bits per heavy atom. The van der Waals surface area contributed by atoms with Gasteiger partial charge >= 0.3 is 5.97 Å². The van der Waals surface area contributed by atoms with E-state index in [1.807, 2.05) is 38.1 Å². The highest BCUT2D eigenvalue weighted by molar-refractivity contribution is 5.89. The van der Waals surface area contributed by atoms with E-state index >= 15 is 0 Å². The van der Waals surface area contributed by atoms with E-state index in [2.05, 4.69) is 26.1 Å². The third-order valence-corrected chi connectivity index (χ3v) is 3.71. The van der Waals surface area contributed by atoms with Crippen LogP contribution in [0, 0.1) is 5.92 Å². The van der Waals surface area contributed by atoms with Gasteiger partial charge in [-0.05, 0) is 56.9 Å². The molecule has 0 amide bonds. The average molecular weight is 291 g/mol. The molecule has 0 spiro atoms. The Morgan fingerprint density at radius 1 is 1.10 bits per heavy atom. The highest BCUT2D eigenvalue weighted by Gasteiger charge is 2.12. The zero-order chi connectivity index (χ0) is 15.8. The molecule has 3 nitrogen and oxygen atoms in total. The van der Waals surface area contributed by atoms with Crippen molar-refractivity contribution in [1.82, 2.24) is 0 Å². The van der Waals surface area contributed by atoms with Crippen LogP contribution in [0.1, 0.15) is 64.2 Å². The van der Waals surface area contributed by atoms with E-state index < -0.39 is 0 Å². The molecule has 0 saturated carbocycles. The lowest BCUT2D eigenvalue weighted by Gasteiger charge is -2.21. The van der Waals surface area contributed by atoms with E-state index in [9.17, 15) is 4.79 Å². The van der Waals surface area contributed by atoms with Gasteiger partial charge in [0.25, 0.3) is 0 Å². The Hall–Kier alpha value is -1.51. The Balaban J connectivity index is 2.62. The van der Waals surface area contributed by atoms with Gasteiger partial charge in [0.15, 0.2) is 0 Å². The summed E-state index contributed by atoms with van der Waals surface area (Å²) < 4.78 is 5.19. The standard InChI is InChI=1S/C18H29NO2/c1-6-14(5)12-16(7-2)19-17-10-8-15(9-11-17)18(20)21-13(3)4/h8-11,13-14,16,19H,6-7,12H2,1-5H3. The van der Waals surface area contributed by atoms with E-state index in [0.29, 0.717) is 11.6 Å². The van der Waals surface area contributed by atoms with E-state index in [1.54, 1.807) is 0 Å². The number of nitrogens with one attached hydrogen (secondary N) is 1. The maximum atomic E-state index is 11.8. The quantitative estimate of drug-likeness (QED) is 0.694. The number of hydrogen-bond acceptors (Lipinski definition) is 3. The first-order chi connectivity index (χ1) is 9.96. The van der Waals surface area contributed by atoms with Crippen LogP contribution in [0.5, 0.6) is 0 Å². The Morgan fingerprint density at radius 2 is 1.71 bits per heavy atom. The normalized spacial score (nSPS) is 13.8. The molecule has 2 unspecified atom stereocenters. The third kappa shape index (κ3) is 6.19. The van der Waals surface area contributed by atoms with Crippen LogP contribution < -0.4 is 5.32 Å². The molecule has 3 heteroatoms. The van der Waals surface area contributed by atoms with Crippen LogP contribution >= 0.6 is 0 Å². The molecule has 1 aromatic carbocycles. The average Bonchev–Trinajstić information content (AvgIpc) is 2.46. The summed E-state index contributed by atoms with van der Waals surface area (Å²) in [6, 6.07) is 8.03. The summed E-state index contributed by atoms with van der Waals surface area (Å²) in [5.41, 5.74) is 1.66. The van der Waals surface area contributed by atoms with Crippen LogP contribution in [0.25, 0.3) is 0 Å². The lowest BCUT2D eigenvalue weighted by molar-refractivity contribution is 0.0378. The second kappa shape index (κ2) is 8.71. The maximum Gasteiger partial charge on any atom is 0.338 e. The zero-order valence-corrected chi connectivity index (χ0v) is 14.0. The van der Waals surface area contributed by atoms with Crippen molar-refractivity contribution in [3.8, 4) is 0 Å². The van der Waals surface area contributed by atoms with Crippen molar-refractivity contribution >= 4 is 11.7 Å². The SMILES string of the molecule is CCC(C)CC(CC)Nc1ccc(C(=O)OC(C)C)cc1. The van der Waals surface area contributed by atoms with E-state index in [4.69, 9.17) is 4.74 Å². The minimum atomic E-state index is -0.261. The van der Waals surface area contributed by atoms with Crippen LogP contribution in [0.4, 0.5) is 5.69 Å². The molecule has 1 aromatic rings. The van der Waals surface area contributed by atoms with E-state index in [-0.39, 0.29) is 12.1 Å². The number of benzene rings is 1. The molecule has 0 aliphatic heterocycles. The minimum Gasteiger partial charge on any atom is -0.459 e. The molecule has 1 rings (SSSR count). The molecule has 0 saturated heterocycles. The fraction of sp³-hybridized carbons (Fsp3) is 0.611. The van der Waals surface area contributed by atoms with Crippen molar-refractivity contribution < 1.29 is 9.53 Å². The first kappa shape index (κ1) is 17.5. The molecule has 0 radical (unpaired) electrons. The summed E-state index contributed by atoms with van der Waals surface area (Å²) >= 11 is 0. The smallest absolute Gasteiger partial charge is 0.338 e. The van der Waals surface area contributed by atoms with Crippen molar-refractivity contribution in [2.75, 3.05) is 5.32 Å². The molecular weight excluding hydrogens is 262 g/mol. The molecule has 0 aliphatic rings. The molecule has 0 aromatic heterocycles. The van der Waals surface area contributed by atoms with Gasteiger partial charge in [0.05, 0.1) is 11.7 Å². The summed E-state index contributed by atoms with van der Waals surface area (Å²) in [7, 11) is 0. The van der Waals surface area contributed by atoms with Gasteiger partial charge < -0.3 is 10.1 Å². The summed E-state index contributed by atoms with van der Waals surface area (Å²) in [5.74, 6) is 0.464. The molecule has 21 heavy (non-hydrogen) atoms. The highest BCUT2D eigenvalue weighted by atomic mass is 16.5. The molecule has 2 atom stereocenters. The second-order valence-electron chi connectivity index (χ2n) is 6.03. The van der Waals surface area contributed by atoms with Gasteiger partial charge in [0.2, 0.25) is 0 Å². The Labute approximate surface area is 129 Å². The molecule has 0 aliphatic carbocycles. The molecule has 1 N–H and O–H groups in total. The van der Waals surface area contributed by atoms with Gasteiger partial charge in [-0.1, -0.05) is 27.2 Å². The largest absolute Gasteiger partial charge is 0.459 e. The summed E-state index contributed by atoms with van der Waals surface area (Å²) in [6.45, 7) is 10.4. The van der Waals surface area contributed by atoms with Gasteiger partial charge in [-0.3, -0.25) is 0 Å². The van der Waals surface area contributed by atoms with Crippen LogP contribution in [0.15, 0.2) is 24.3 Å². The zero-order valence-electron chi connectivity index (χ0n) is 14.0. The molecule has 0 fully saturated rings. The van der Waals surface area contributed by atoms with Crippen molar-refractivity contribution in [3.63, 3.8) is 0 Å². The minimum absolute atomic E-state index is 0.0877. The molecular formula is C18H29NO2.